The fourth-order valence-electron chi connectivity index (χ4n) is 2.52. The molecule has 0 radical (unpaired) electrons. The topological polar surface area (TPSA) is 80.7 Å². The van der Waals surface area contributed by atoms with Gasteiger partial charge in [-0.3, -0.25) is 0 Å². The van der Waals surface area contributed by atoms with Crippen LogP contribution in [0.5, 0.6) is 5.88 Å². The Kier molecular flexibility index (Phi) is 6.37. The molecule has 3 rings (SSSR count). The molecule has 0 saturated carbocycles. The Morgan fingerprint density at radius 2 is 1.97 bits per heavy atom. The van der Waals surface area contributed by atoms with E-state index in [0.717, 1.165) is 15.3 Å². The fourth-order valence-corrected chi connectivity index (χ4v) is 3.68. The Bertz CT molecular complexity index is 1070. The van der Waals surface area contributed by atoms with Crippen molar-refractivity contribution in [3.63, 3.8) is 0 Å². The highest BCUT2D eigenvalue weighted by molar-refractivity contribution is 7.17. The number of pyridine rings is 1. The molecular formula is C22H22ClN3O2S. The van der Waals surface area contributed by atoms with Crippen molar-refractivity contribution in [3.05, 3.63) is 76.4 Å². The van der Waals surface area contributed by atoms with Gasteiger partial charge >= 0.3 is 0 Å². The Hall–Kier alpha value is -2.67. The Labute approximate surface area is 179 Å². The molecule has 2 heterocycles. The normalized spacial score (nSPS) is 12.9. The van der Waals surface area contributed by atoms with E-state index in [-0.39, 0.29) is 0 Å². The summed E-state index contributed by atoms with van der Waals surface area (Å²) in [6.45, 7) is 3.26. The zero-order valence-corrected chi connectivity index (χ0v) is 18.0. The summed E-state index contributed by atoms with van der Waals surface area (Å²) in [7, 11) is 1.59. The van der Waals surface area contributed by atoms with Gasteiger partial charge in [0.2, 0.25) is 5.88 Å². The van der Waals surface area contributed by atoms with E-state index in [1.165, 1.54) is 11.3 Å². The second-order valence-electron chi connectivity index (χ2n) is 6.83. The number of aliphatic imine (C=N–C) groups is 1. The summed E-state index contributed by atoms with van der Waals surface area (Å²) < 4.78 is 5.37. The molecule has 0 aliphatic carbocycles. The summed E-state index contributed by atoms with van der Waals surface area (Å²) in [4.78, 5) is 10.8. The quantitative estimate of drug-likeness (QED) is 0.529. The van der Waals surface area contributed by atoms with Gasteiger partial charge in [0.15, 0.2) is 0 Å². The van der Waals surface area contributed by atoms with Crippen LogP contribution in [-0.2, 0) is 0 Å². The molecule has 0 fully saturated rings. The van der Waals surface area contributed by atoms with Crippen molar-refractivity contribution in [1.82, 2.24) is 4.98 Å². The number of thiophene rings is 1. The molecule has 0 amide bonds. The fraction of sp³-hybridized carbons (Fsp3) is 0.182. The van der Waals surface area contributed by atoms with Gasteiger partial charge in [0.05, 0.1) is 39.6 Å². The number of benzene rings is 1. The number of hydrogen-bond donors (Lipinski definition) is 2. The lowest BCUT2D eigenvalue weighted by Crippen LogP contribution is -2.28. The van der Waals surface area contributed by atoms with Crippen LogP contribution in [0.3, 0.4) is 0 Å². The van der Waals surface area contributed by atoms with E-state index in [4.69, 9.17) is 27.1 Å². The standard InChI is InChI=1S/C22H22ClN3O2S/c1-22(2,27)20(24)13-17(26-16-9-5-4-8-15(16)23)19-11-10-18(29-19)14-7-6-12-25-21(14)28-3/h4-13,27H,24H2,1-3H3. The number of halogens is 1. The maximum atomic E-state index is 10.3. The number of aliphatic hydroxyl groups is 1. The lowest BCUT2D eigenvalue weighted by atomic mass is 10.0. The molecule has 0 aliphatic rings. The van der Waals surface area contributed by atoms with Crippen molar-refractivity contribution in [2.75, 3.05) is 7.11 Å². The van der Waals surface area contributed by atoms with Gasteiger partial charge in [-0.25, -0.2) is 9.98 Å². The summed E-state index contributed by atoms with van der Waals surface area (Å²) in [5, 5.41) is 10.8. The summed E-state index contributed by atoms with van der Waals surface area (Å²) in [6, 6.07) is 15.1. The minimum absolute atomic E-state index is 0.303. The first-order chi connectivity index (χ1) is 13.8. The zero-order valence-electron chi connectivity index (χ0n) is 16.4. The molecule has 3 N–H and O–H groups in total. The number of hydrogen-bond acceptors (Lipinski definition) is 6. The molecule has 0 atom stereocenters. The molecule has 0 saturated heterocycles. The van der Waals surface area contributed by atoms with Crippen LogP contribution in [0.4, 0.5) is 5.69 Å². The molecule has 1 aromatic carbocycles. The molecule has 7 heteroatoms. The zero-order chi connectivity index (χ0) is 21.0. The predicted octanol–water partition coefficient (Wildman–Crippen LogP) is 5.21. The molecule has 150 valence electrons. The second-order valence-corrected chi connectivity index (χ2v) is 8.32. The van der Waals surface area contributed by atoms with E-state index < -0.39 is 5.60 Å². The SMILES string of the molecule is COc1ncccc1-c1ccc(C(C=C(N)C(C)(C)O)=Nc2ccccc2Cl)s1. The van der Waals surface area contributed by atoms with Crippen LogP contribution < -0.4 is 10.5 Å². The van der Waals surface area contributed by atoms with Crippen LogP contribution in [0.25, 0.3) is 10.4 Å². The second kappa shape index (κ2) is 8.78. The number of ether oxygens (including phenoxy) is 1. The van der Waals surface area contributed by atoms with Crippen LogP contribution in [0.2, 0.25) is 5.02 Å². The first-order valence-corrected chi connectivity index (χ1v) is 10.1. The number of methoxy groups -OCH3 is 1. The van der Waals surface area contributed by atoms with E-state index in [2.05, 4.69) is 4.98 Å². The van der Waals surface area contributed by atoms with E-state index >= 15 is 0 Å². The maximum Gasteiger partial charge on any atom is 0.221 e. The molecule has 0 unspecified atom stereocenters. The maximum absolute atomic E-state index is 10.3. The van der Waals surface area contributed by atoms with Crippen molar-refractivity contribution >= 4 is 34.3 Å². The van der Waals surface area contributed by atoms with Gasteiger partial charge in [-0.2, -0.15) is 0 Å². The van der Waals surface area contributed by atoms with Crippen LogP contribution in [0.15, 0.2) is 71.5 Å². The van der Waals surface area contributed by atoms with Gasteiger partial charge in [0.25, 0.3) is 0 Å². The summed E-state index contributed by atoms with van der Waals surface area (Å²) >= 11 is 7.82. The molecule has 5 nitrogen and oxygen atoms in total. The highest BCUT2D eigenvalue weighted by Crippen LogP contribution is 2.35. The highest BCUT2D eigenvalue weighted by Gasteiger charge is 2.19. The number of para-hydroxylation sites is 1. The minimum Gasteiger partial charge on any atom is -0.481 e. The van der Waals surface area contributed by atoms with Crippen molar-refractivity contribution < 1.29 is 9.84 Å². The van der Waals surface area contributed by atoms with E-state index in [9.17, 15) is 5.11 Å². The lowest BCUT2D eigenvalue weighted by molar-refractivity contribution is 0.118. The largest absolute Gasteiger partial charge is 0.481 e. The Morgan fingerprint density at radius 3 is 2.66 bits per heavy atom. The molecule has 0 spiro atoms. The third-order valence-electron chi connectivity index (χ3n) is 4.18. The molecule has 29 heavy (non-hydrogen) atoms. The molecular weight excluding hydrogens is 406 g/mol. The minimum atomic E-state index is -1.17. The highest BCUT2D eigenvalue weighted by atomic mass is 35.5. The predicted molar refractivity (Wildman–Crippen MR) is 120 cm³/mol. The summed E-state index contributed by atoms with van der Waals surface area (Å²) in [5.74, 6) is 0.553. The van der Waals surface area contributed by atoms with Gasteiger partial charge in [-0.15, -0.1) is 11.3 Å². The van der Waals surface area contributed by atoms with Crippen LogP contribution in [0.1, 0.15) is 18.7 Å². The molecule has 0 bridgehead atoms. The molecule has 3 aromatic rings. The number of nitrogens with two attached hydrogens (primary N) is 1. The van der Waals surface area contributed by atoms with Crippen molar-refractivity contribution in [2.45, 2.75) is 19.4 Å². The molecule has 0 aliphatic heterocycles. The third-order valence-corrected chi connectivity index (χ3v) is 5.64. The van der Waals surface area contributed by atoms with E-state index in [1.54, 1.807) is 39.3 Å². The van der Waals surface area contributed by atoms with Gasteiger partial charge in [-0.1, -0.05) is 23.7 Å². The number of aromatic nitrogens is 1. The number of rotatable bonds is 6. The number of allylic oxidation sites excluding steroid dienone is 1. The van der Waals surface area contributed by atoms with Crippen LogP contribution in [-0.4, -0.2) is 28.5 Å². The third kappa shape index (κ3) is 5.03. The first-order valence-electron chi connectivity index (χ1n) is 8.92. The number of nitrogens with zero attached hydrogens (tertiary/aromatic N) is 2. The summed E-state index contributed by atoms with van der Waals surface area (Å²) in [6.07, 6.45) is 3.37. The van der Waals surface area contributed by atoms with Crippen molar-refractivity contribution in [3.8, 4) is 16.3 Å². The van der Waals surface area contributed by atoms with Gasteiger partial charge in [-0.05, 0) is 56.3 Å². The van der Waals surface area contributed by atoms with Gasteiger partial charge < -0.3 is 15.6 Å². The lowest BCUT2D eigenvalue weighted by Gasteiger charge is -2.18. The van der Waals surface area contributed by atoms with Crippen LogP contribution >= 0.6 is 22.9 Å². The van der Waals surface area contributed by atoms with E-state index in [0.29, 0.717) is 28.0 Å². The van der Waals surface area contributed by atoms with Gasteiger partial charge in [0, 0.05) is 16.8 Å². The monoisotopic (exact) mass is 427 g/mol. The first kappa shape index (κ1) is 21.0. The van der Waals surface area contributed by atoms with E-state index in [1.807, 2.05) is 42.5 Å². The average Bonchev–Trinajstić information content (AvgIpc) is 3.18. The van der Waals surface area contributed by atoms with Crippen molar-refractivity contribution in [2.24, 2.45) is 10.7 Å². The van der Waals surface area contributed by atoms with Crippen LogP contribution in [0, 0.1) is 0 Å². The van der Waals surface area contributed by atoms with Crippen molar-refractivity contribution in [1.29, 1.82) is 0 Å². The average molecular weight is 428 g/mol. The Balaban J connectivity index is 2.11. The smallest absolute Gasteiger partial charge is 0.221 e. The summed E-state index contributed by atoms with van der Waals surface area (Å²) in [5.41, 5.74) is 7.37. The Morgan fingerprint density at radius 1 is 1.21 bits per heavy atom. The van der Waals surface area contributed by atoms with Gasteiger partial charge in [0.1, 0.15) is 0 Å². The molecule has 2 aromatic heterocycles.